The molecule has 0 amide bonds. The molecule has 1 saturated heterocycles. The van der Waals surface area contributed by atoms with Crippen LogP contribution in [0.1, 0.15) is 28.8 Å². The van der Waals surface area contributed by atoms with Crippen LogP contribution in [-0.2, 0) is 6.54 Å². The Morgan fingerprint density at radius 1 is 1.35 bits per heavy atom. The average molecular weight is 321 g/mol. The Morgan fingerprint density at radius 2 is 2.00 bits per heavy atom. The minimum absolute atomic E-state index is 0. The number of carboxylic acids is 1. The number of likely N-dealkylation sites (tertiary alicyclic amines) is 1. The molecule has 0 aromatic heterocycles. The predicted octanol–water partition coefficient (Wildman–Crippen LogP) is 3.16. The van der Waals surface area contributed by atoms with E-state index in [-0.39, 0.29) is 12.4 Å². The van der Waals surface area contributed by atoms with E-state index >= 15 is 0 Å². The van der Waals surface area contributed by atoms with Crippen molar-refractivity contribution in [2.75, 3.05) is 13.1 Å². The van der Waals surface area contributed by atoms with Gasteiger partial charge in [-0.3, -0.25) is 4.90 Å². The largest absolute Gasteiger partial charge is 0.478 e. The Kier molecular flexibility index (Phi) is 5.43. The number of carbonyl (C=O) groups is 1. The molecule has 1 aromatic rings. The zero-order chi connectivity index (χ0) is 11.5. The molecular weight excluding hydrogens is 305 g/mol. The lowest BCUT2D eigenvalue weighted by molar-refractivity contribution is 0.0694. The number of hydrogen-bond acceptors (Lipinski definition) is 2. The van der Waals surface area contributed by atoms with E-state index in [1.54, 1.807) is 12.1 Å². The predicted molar refractivity (Wildman–Crippen MR) is 72.9 cm³/mol. The van der Waals surface area contributed by atoms with Crippen molar-refractivity contribution < 1.29 is 9.90 Å². The fourth-order valence-corrected chi connectivity index (χ4v) is 2.49. The van der Waals surface area contributed by atoms with Crippen molar-refractivity contribution in [1.29, 1.82) is 0 Å². The highest BCUT2D eigenvalue weighted by Crippen LogP contribution is 2.20. The first-order chi connectivity index (χ1) is 7.66. The number of rotatable bonds is 3. The maximum atomic E-state index is 11.1. The third-order valence-corrected chi connectivity index (χ3v) is 3.38. The number of carboxylic acid groups (broad SMARTS) is 1. The zero-order valence-electron chi connectivity index (χ0n) is 9.36. The minimum Gasteiger partial charge on any atom is -0.478 e. The van der Waals surface area contributed by atoms with Crippen LogP contribution in [0.5, 0.6) is 0 Å². The van der Waals surface area contributed by atoms with Gasteiger partial charge in [0.2, 0.25) is 0 Å². The Bertz CT molecular complexity index is 405. The molecule has 0 saturated carbocycles. The van der Waals surface area contributed by atoms with Gasteiger partial charge in [-0.2, -0.15) is 0 Å². The Morgan fingerprint density at radius 3 is 2.59 bits per heavy atom. The molecule has 0 radical (unpaired) electrons. The summed E-state index contributed by atoms with van der Waals surface area (Å²) in [5.74, 6) is -0.846. The van der Waals surface area contributed by atoms with E-state index in [0.717, 1.165) is 29.7 Å². The smallest absolute Gasteiger partial charge is 0.336 e. The van der Waals surface area contributed by atoms with Crippen LogP contribution in [0.4, 0.5) is 0 Å². The maximum absolute atomic E-state index is 11.1. The quantitative estimate of drug-likeness (QED) is 0.930. The lowest BCUT2D eigenvalue weighted by atomic mass is 10.1. The maximum Gasteiger partial charge on any atom is 0.336 e. The second-order valence-electron chi connectivity index (χ2n) is 4.09. The second kappa shape index (κ2) is 6.38. The van der Waals surface area contributed by atoms with Crippen LogP contribution >= 0.6 is 28.3 Å². The third-order valence-electron chi connectivity index (χ3n) is 2.89. The first-order valence-corrected chi connectivity index (χ1v) is 6.20. The van der Waals surface area contributed by atoms with Gasteiger partial charge in [0.15, 0.2) is 0 Å². The monoisotopic (exact) mass is 319 g/mol. The van der Waals surface area contributed by atoms with Crippen LogP contribution in [0.3, 0.4) is 0 Å². The van der Waals surface area contributed by atoms with Gasteiger partial charge in [0.1, 0.15) is 0 Å². The molecule has 2 rings (SSSR count). The first kappa shape index (κ1) is 14.5. The average Bonchev–Trinajstić information content (AvgIpc) is 2.70. The van der Waals surface area contributed by atoms with E-state index in [1.807, 2.05) is 6.07 Å². The Hall–Kier alpha value is -0.580. The molecule has 0 bridgehead atoms. The molecule has 17 heavy (non-hydrogen) atoms. The fraction of sp³-hybridized carbons (Fsp3) is 0.417. The molecule has 94 valence electrons. The second-order valence-corrected chi connectivity index (χ2v) is 5.01. The fourth-order valence-electron chi connectivity index (χ4n) is 2.08. The number of benzene rings is 1. The molecule has 1 aliphatic rings. The van der Waals surface area contributed by atoms with Gasteiger partial charge in [-0.05, 0) is 49.7 Å². The SMILES string of the molecule is Cl.O=C(O)c1ccc(Br)cc1CN1CCCC1. The zero-order valence-corrected chi connectivity index (χ0v) is 11.8. The highest BCUT2D eigenvalue weighted by Gasteiger charge is 2.16. The van der Waals surface area contributed by atoms with E-state index in [0.29, 0.717) is 5.56 Å². The molecule has 1 aromatic carbocycles. The normalized spacial score (nSPS) is 15.6. The topological polar surface area (TPSA) is 40.5 Å². The van der Waals surface area contributed by atoms with E-state index in [2.05, 4.69) is 20.8 Å². The van der Waals surface area contributed by atoms with E-state index in [4.69, 9.17) is 5.11 Å². The number of halogens is 2. The van der Waals surface area contributed by atoms with E-state index in [9.17, 15) is 4.79 Å². The van der Waals surface area contributed by atoms with Crippen molar-refractivity contribution in [2.45, 2.75) is 19.4 Å². The van der Waals surface area contributed by atoms with Gasteiger partial charge in [-0.25, -0.2) is 4.79 Å². The lowest BCUT2D eigenvalue weighted by Crippen LogP contribution is -2.20. The van der Waals surface area contributed by atoms with Gasteiger partial charge in [0.05, 0.1) is 5.56 Å². The van der Waals surface area contributed by atoms with Gasteiger partial charge in [0.25, 0.3) is 0 Å². The summed E-state index contributed by atoms with van der Waals surface area (Å²) in [5.41, 5.74) is 1.30. The molecule has 5 heteroatoms. The van der Waals surface area contributed by atoms with E-state index < -0.39 is 5.97 Å². The van der Waals surface area contributed by atoms with Gasteiger partial charge in [0, 0.05) is 11.0 Å². The lowest BCUT2D eigenvalue weighted by Gasteiger charge is -2.16. The summed E-state index contributed by atoms with van der Waals surface area (Å²) in [5, 5.41) is 9.10. The molecule has 0 spiro atoms. The minimum atomic E-state index is -0.846. The summed E-state index contributed by atoms with van der Waals surface area (Å²) in [4.78, 5) is 13.4. The van der Waals surface area contributed by atoms with Crippen molar-refractivity contribution >= 4 is 34.3 Å². The van der Waals surface area contributed by atoms with Gasteiger partial charge in [-0.1, -0.05) is 15.9 Å². The van der Waals surface area contributed by atoms with Crippen LogP contribution < -0.4 is 0 Å². The van der Waals surface area contributed by atoms with Crippen molar-refractivity contribution in [1.82, 2.24) is 4.90 Å². The molecule has 3 nitrogen and oxygen atoms in total. The first-order valence-electron chi connectivity index (χ1n) is 5.41. The molecule has 0 aliphatic carbocycles. The molecule has 1 heterocycles. The molecule has 0 atom stereocenters. The summed E-state index contributed by atoms with van der Waals surface area (Å²) in [7, 11) is 0. The summed E-state index contributed by atoms with van der Waals surface area (Å²) in [6.07, 6.45) is 2.44. The number of hydrogen-bond donors (Lipinski definition) is 1. The molecule has 1 aliphatic heterocycles. The van der Waals surface area contributed by atoms with Crippen LogP contribution in [0, 0.1) is 0 Å². The van der Waals surface area contributed by atoms with Crippen molar-refractivity contribution in [3.8, 4) is 0 Å². The van der Waals surface area contributed by atoms with Crippen LogP contribution in [-0.4, -0.2) is 29.1 Å². The van der Waals surface area contributed by atoms with Crippen molar-refractivity contribution in [3.05, 3.63) is 33.8 Å². The van der Waals surface area contributed by atoms with Gasteiger partial charge in [-0.15, -0.1) is 12.4 Å². The van der Waals surface area contributed by atoms with E-state index in [1.165, 1.54) is 12.8 Å². The van der Waals surface area contributed by atoms with Crippen LogP contribution in [0.2, 0.25) is 0 Å². The van der Waals surface area contributed by atoms with Gasteiger partial charge >= 0.3 is 5.97 Å². The highest BCUT2D eigenvalue weighted by atomic mass is 79.9. The molecule has 0 unspecified atom stereocenters. The van der Waals surface area contributed by atoms with Crippen LogP contribution in [0.15, 0.2) is 22.7 Å². The Labute approximate surface area is 115 Å². The Balaban J connectivity index is 0.00000144. The molecule has 1 fully saturated rings. The summed E-state index contributed by atoms with van der Waals surface area (Å²) in [6.45, 7) is 2.89. The van der Waals surface area contributed by atoms with Crippen LogP contribution in [0.25, 0.3) is 0 Å². The number of aromatic carboxylic acids is 1. The molecular formula is C12H15BrClNO2. The summed E-state index contributed by atoms with van der Waals surface area (Å²) >= 11 is 3.38. The number of nitrogens with zero attached hydrogens (tertiary/aromatic N) is 1. The van der Waals surface area contributed by atoms with Crippen molar-refractivity contribution in [3.63, 3.8) is 0 Å². The standard InChI is InChI=1S/C12H14BrNO2.ClH/c13-10-3-4-11(12(15)16)9(7-10)8-14-5-1-2-6-14;/h3-4,7H,1-2,5-6,8H2,(H,15,16);1H. The third kappa shape index (κ3) is 3.69. The summed E-state index contributed by atoms with van der Waals surface area (Å²) < 4.78 is 0.937. The van der Waals surface area contributed by atoms with Gasteiger partial charge < -0.3 is 5.11 Å². The summed E-state index contributed by atoms with van der Waals surface area (Å²) in [6, 6.07) is 5.34. The highest BCUT2D eigenvalue weighted by molar-refractivity contribution is 9.10. The van der Waals surface area contributed by atoms with Crippen molar-refractivity contribution in [2.24, 2.45) is 0 Å². The molecule has 1 N–H and O–H groups in total.